The quantitative estimate of drug-likeness (QED) is 0.0373. The number of carbonyl (C=O) groups excluding carboxylic acids is 2. The van der Waals surface area contributed by atoms with E-state index in [0.29, 0.717) is 12.8 Å². The summed E-state index contributed by atoms with van der Waals surface area (Å²) < 4.78 is 10.7. The standard InChI is InChI=1S/C79H132O5/c1-3-5-7-9-11-13-15-17-19-21-23-25-27-29-31-33-35-37-39-41-43-45-47-49-51-53-55-57-59-61-63-65-67-69-71-73-78(81)83-76-77(75-80)84-79(82)74-72-70-68-66-64-62-60-58-56-54-52-50-48-46-44-42-40-38-36-34-32-30-28-26-24-22-20-18-16-14-12-10-8-6-4-2/h6,8,12,14-15,17-18,20-21,23-24,26,30,32,36,38,42,44,48,50,54,56,60,62,77,80H,3-5,7,9-11,13,16,19,22,25,27-29,31,33-35,37,39-41,43,45-47,49,51-53,55,57-59,61,63-76H2,1-2H3/b8-6-,14-12-,17-15-,20-18-,23-21-,26-24-,32-30-,38-36-,44-42-,50-48-,56-54-,62-60-. The number of hydrogen-bond acceptors (Lipinski definition) is 5. The van der Waals surface area contributed by atoms with Crippen LogP contribution in [0.5, 0.6) is 0 Å². The fourth-order valence-corrected chi connectivity index (χ4v) is 9.85. The molecule has 0 saturated carbocycles. The van der Waals surface area contributed by atoms with Crippen molar-refractivity contribution in [2.45, 2.75) is 328 Å². The van der Waals surface area contributed by atoms with Crippen LogP contribution < -0.4 is 0 Å². The zero-order chi connectivity index (χ0) is 60.5. The lowest BCUT2D eigenvalue weighted by Gasteiger charge is -2.15. The highest BCUT2D eigenvalue weighted by Gasteiger charge is 2.16. The Morgan fingerprint density at radius 1 is 0.286 bits per heavy atom. The molecule has 0 radical (unpaired) electrons. The third kappa shape index (κ3) is 70.3. The molecule has 5 heteroatoms. The Balaban J connectivity index is 3.54. The molecule has 0 fully saturated rings. The van der Waals surface area contributed by atoms with Gasteiger partial charge in [0.25, 0.3) is 0 Å². The largest absolute Gasteiger partial charge is 0.462 e. The summed E-state index contributed by atoms with van der Waals surface area (Å²) in [6, 6.07) is 0. The highest BCUT2D eigenvalue weighted by Crippen LogP contribution is 2.17. The van der Waals surface area contributed by atoms with E-state index in [-0.39, 0.29) is 25.2 Å². The van der Waals surface area contributed by atoms with Crippen molar-refractivity contribution in [2.75, 3.05) is 13.2 Å². The third-order valence-corrected chi connectivity index (χ3v) is 15.1. The summed E-state index contributed by atoms with van der Waals surface area (Å²) in [6.45, 7) is 4.02. The molecule has 0 rings (SSSR count). The van der Waals surface area contributed by atoms with Crippen molar-refractivity contribution < 1.29 is 24.2 Å². The topological polar surface area (TPSA) is 72.8 Å². The van der Waals surface area contributed by atoms with E-state index in [0.717, 1.165) is 122 Å². The van der Waals surface area contributed by atoms with E-state index in [1.54, 1.807) is 0 Å². The fraction of sp³-hybridized carbons (Fsp3) is 0.671. The van der Waals surface area contributed by atoms with Gasteiger partial charge in [-0.05, 0) is 122 Å². The second-order valence-electron chi connectivity index (χ2n) is 23.2. The molecule has 1 unspecified atom stereocenters. The number of aliphatic hydroxyl groups is 1. The predicted molar refractivity (Wildman–Crippen MR) is 371 cm³/mol. The number of esters is 2. The van der Waals surface area contributed by atoms with E-state index in [9.17, 15) is 14.7 Å². The number of aliphatic hydroxyl groups excluding tert-OH is 1. The molecule has 1 N–H and O–H groups in total. The molecule has 0 aromatic rings. The summed E-state index contributed by atoms with van der Waals surface area (Å²) in [7, 11) is 0. The van der Waals surface area contributed by atoms with Gasteiger partial charge in [-0.25, -0.2) is 0 Å². The van der Waals surface area contributed by atoms with Gasteiger partial charge in [-0.3, -0.25) is 9.59 Å². The average Bonchev–Trinajstić information content (AvgIpc) is 3.51. The van der Waals surface area contributed by atoms with Crippen LogP contribution in [0.25, 0.3) is 0 Å². The molecule has 0 aromatic heterocycles. The lowest BCUT2D eigenvalue weighted by molar-refractivity contribution is -0.161. The van der Waals surface area contributed by atoms with Crippen molar-refractivity contribution >= 4 is 11.9 Å². The van der Waals surface area contributed by atoms with Crippen LogP contribution in [0.4, 0.5) is 0 Å². The first kappa shape index (κ1) is 79.8. The molecule has 0 aliphatic rings. The number of carbonyl (C=O) groups is 2. The van der Waals surface area contributed by atoms with Gasteiger partial charge in [0.1, 0.15) is 6.61 Å². The second-order valence-corrected chi connectivity index (χ2v) is 23.2. The van der Waals surface area contributed by atoms with Crippen molar-refractivity contribution in [3.05, 3.63) is 146 Å². The molecule has 0 heterocycles. The monoisotopic (exact) mass is 1160 g/mol. The van der Waals surface area contributed by atoms with Gasteiger partial charge in [-0.2, -0.15) is 0 Å². The SMILES string of the molecule is CC/C=C\C/C=C\C/C=C\C/C=C\C/C=C\C/C=C\C/C=C\C/C=C\C/C=C\C/C=C\CCCCCCC(=O)OC(CO)COC(=O)CCCCCCCCCCCCCCCCCCCCCCCCC/C=C\C/C=C\CCCCCCC. The molecule has 0 aromatic carbocycles. The molecule has 0 aliphatic heterocycles. The minimum absolute atomic E-state index is 0.0820. The average molecular weight is 1160 g/mol. The number of hydrogen-bond donors (Lipinski definition) is 1. The number of ether oxygens (including phenoxy) is 2. The Hall–Kier alpha value is -4.22. The normalized spacial score (nSPS) is 13.1. The Bertz CT molecular complexity index is 1750. The van der Waals surface area contributed by atoms with Crippen LogP contribution in [0.1, 0.15) is 322 Å². The van der Waals surface area contributed by atoms with E-state index < -0.39 is 6.10 Å². The van der Waals surface area contributed by atoms with Crippen molar-refractivity contribution in [3.8, 4) is 0 Å². The van der Waals surface area contributed by atoms with Crippen molar-refractivity contribution in [1.29, 1.82) is 0 Å². The van der Waals surface area contributed by atoms with Gasteiger partial charge in [0, 0.05) is 12.8 Å². The Morgan fingerprint density at radius 2 is 0.512 bits per heavy atom. The van der Waals surface area contributed by atoms with Crippen LogP contribution >= 0.6 is 0 Å². The first-order valence-corrected chi connectivity index (χ1v) is 35.4. The Morgan fingerprint density at radius 3 is 0.774 bits per heavy atom. The minimum Gasteiger partial charge on any atom is -0.462 e. The van der Waals surface area contributed by atoms with E-state index in [1.165, 1.54) is 173 Å². The van der Waals surface area contributed by atoms with Gasteiger partial charge in [0.2, 0.25) is 0 Å². The summed E-state index contributed by atoms with van der Waals surface area (Å²) in [5, 5.41) is 9.70. The van der Waals surface area contributed by atoms with Gasteiger partial charge in [-0.1, -0.05) is 333 Å². The van der Waals surface area contributed by atoms with Crippen molar-refractivity contribution in [3.63, 3.8) is 0 Å². The molecule has 5 nitrogen and oxygen atoms in total. The van der Waals surface area contributed by atoms with Crippen LogP contribution in [0.3, 0.4) is 0 Å². The van der Waals surface area contributed by atoms with Gasteiger partial charge >= 0.3 is 11.9 Å². The second kappa shape index (κ2) is 73.0. The molecule has 0 bridgehead atoms. The highest BCUT2D eigenvalue weighted by atomic mass is 16.6. The van der Waals surface area contributed by atoms with Gasteiger partial charge in [0.15, 0.2) is 6.10 Å². The molecule has 0 saturated heterocycles. The van der Waals surface area contributed by atoms with E-state index in [1.807, 2.05) is 0 Å². The van der Waals surface area contributed by atoms with Gasteiger partial charge in [-0.15, -0.1) is 0 Å². The lowest BCUT2D eigenvalue weighted by atomic mass is 10.0. The zero-order valence-corrected chi connectivity index (χ0v) is 54.9. The maximum atomic E-state index is 12.4. The zero-order valence-electron chi connectivity index (χ0n) is 54.9. The van der Waals surface area contributed by atoms with E-state index >= 15 is 0 Å². The molecule has 478 valence electrons. The highest BCUT2D eigenvalue weighted by molar-refractivity contribution is 5.70. The van der Waals surface area contributed by atoms with Crippen LogP contribution in [-0.4, -0.2) is 36.4 Å². The summed E-state index contributed by atoms with van der Waals surface area (Å²) in [4.78, 5) is 24.6. The lowest BCUT2D eigenvalue weighted by Crippen LogP contribution is -2.28. The third-order valence-electron chi connectivity index (χ3n) is 15.1. The van der Waals surface area contributed by atoms with Crippen molar-refractivity contribution in [1.82, 2.24) is 0 Å². The first-order chi connectivity index (χ1) is 41.6. The molecule has 0 aliphatic carbocycles. The van der Waals surface area contributed by atoms with Crippen LogP contribution in [0.15, 0.2) is 146 Å². The number of unbranched alkanes of at least 4 members (excludes halogenated alkanes) is 32. The Labute approximate surface area is 520 Å². The number of allylic oxidation sites excluding steroid dienone is 24. The van der Waals surface area contributed by atoms with Gasteiger partial charge in [0.05, 0.1) is 6.61 Å². The molecular formula is C79H132O5. The first-order valence-electron chi connectivity index (χ1n) is 35.4. The smallest absolute Gasteiger partial charge is 0.306 e. The summed E-state index contributed by atoms with van der Waals surface area (Å²) in [5.74, 6) is -0.618. The summed E-state index contributed by atoms with van der Waals surface area (Å²) in [5.41, 5.74) is 0. The predicted octanol–water partition coefficient (Wildman–Crippen LogP) is 24.9. The maximum Gasteiger partial charge on any atom is 0.306 e. The van der Waals surface area contributed by atoms with E-state index in [4.69, 9.17) is 9.47 Å². The maximum absolute atomic E-state index is 12.4. The summed E-state index contributed by atoms with van der Waals surface area (Å²) >= 11 is 0. The fourth-order valence-electron chi connectivity index (χ4n) is 9.85. The summed E-state index contributed by atoms with van der Waals surface area (Å²) in [6.07, 6.45) is 110. The number of rotatable bonds is 64. The molecule has 1 atom stereocenters. The van der Waals surface area contributed by atoms with Crippen LogP contribution in [0, 0.1) is 0 Å². The molecular weight excluding hydrogens is 1030 g/mol. The molecule has 84 heavy (non-hydrogen) atoms. The van der Waals surface area contributed by atoms with Crippen molar-refractivity contribution in [2.24, 2.45) is 0 Å². The minimum atomic E-state index is -0.797. The van der Waals surface area contributed by atoms with Gasteiger partial charge < -0.3 is 14.6 Å². The Kier molecular flexibility index (Phi) is 69.4. The van der Waals surface area contributed by atoms with Crippen LogP contribution in [-0.2, 0) is 19.1 Å². The molecule has 0 spiro atoms. The van der Waals surface area contributed by atoms with Crippen LogP contribution in [0.2, 0.25) is 0 Å². The van der Waals surface area contributed by atoms with E-state index in [2.05, 4.69) is 160 Å². The molecule has 0 amide bonds.